The number of halogens is 4. The van der Waals surface area contributed by atoms with E-state index in [1.54, 1.807) is 0 Å². The van der Waals surface area contributed by atoms with Crippen LogP contribution in [0.4, 0.5) is 17.6 Å². The topological polar surface area (TPSA) is 73.8 Å². The molecule has 30 heavy (non-hydrogen) atoms. The van der Waals surface area contributed by atoms with E-state index in [2.05, 4.69) is 15.2 Å². The highest BCUT2D eigenvalue weighted by Crippen LogP contribution is 2.30. The van der Waals surface area contributed by atoms with Crippen LogP contribution >= 0.6 is 0 Å². The minimum Gasteiger partial charge on any atom is -0.337 e. The van der Waals surface area contributed by atoms with Crippen molar-refractivity contribution in [2.75, 3.05) is 0 Å². The molecule has 0 aliphatic heterocycles. The molecule has 0 saturated heterocycles. The average Bonchev–Trinajstić information content (AvgIpc) is 3.18. The predicted octanol–water partition coefficient (Wildman–Crippen LogP) is 4.17. The molecule has 0 unspecified atom stereocenters. The molecular weight excluding hydrogens is 404 g/mol. The number of hydrogen-bond acceptors (Lipinski definition) is 5. The Hall–Kier alpha value is -3.82. The van der Waals surface area contributed by atoms with Crippen molar-refractivity contribution in [3.8, 4) is 22.6 Å². The van der Waals surface area contributed by atoms with Gasteiger partial charge in [-0.3, -0.25) is 4.79 Å². The fourth-order valence-corrected chi connectivity index (χ4v) is 2.71. The van der Waals surface area contributed by atoms with Crippen molar-refractivity contribution in [1.82, 2.24) is 19.9 Å². The average molecular weight is 416 g/mol. The summed E-state index contributed by atoms with van der Waals surface area (Å²) in [6, 6.07) is 12.7. The van der Waals surface area contributed by atoms with Crippen LogP contribution in [-0.2, 0) is 12.7 Å². The third kappa shape index (κ3) is 4.12. The van der Waals surface area contributed by atoms with E-state index in [0.29, 0.717) is 16.8 Å². The minimum absolute atomic E-state index is 0.0516. The molecule has 2 aromatic carbocycles. The molecular formula is C20H12F4N4O2. The molecule has 0 aliphatic rings. The van der Waals surface area contributed by atoms with Gasteiger partial charge in [0.2, 0.25) is 11.7 Å². The van der Waals surface area contributed by atoms with Gasteiger partial charge in [-0.2, -0.15) is 23.3 Å². The Kier molecular flexibility index (Phi) is 4.90. The van der Waals surface area contributed by atoms with Gasteiger partial charge >= 0.3 is 6.18 Å². The maximum atomic E-state index is 13.1. The van der Waals surface area contributed by atoms with Crippen LogP contribution in [-0.4, -0.2) is 19.9 Å². The molecule has 2 heterocycles. The Morgan fingerprint density at radius 3 is 2.23 bits per heavy atom. The van der Waals surface area contributed by atoms with Gasteiger partial charge in [-0.05, 0) is 42.5 Å². The van der Waals surface area contributed by atoms with E-state index in [0.717, 1.165) is 16.8 Å². The maximum absolute atomic E-state index is 13.1. The number of hydrogen-bond donors (Lipinski definition) is 0. The number of benzene rings is 2. The molecule has 0 radical (unpaired) electrons. The highest BCUT2D eigenvalue weighted by molar-refractivity contribution is 5.58. The molecule has 0 saturated carbocycles. The van der Waals surface area contributed by atoms with Gasteiger partial charge in [0.25, 0.3) is 5.56 Å². The van der Waals surface area contributed by atoms with E-state index in [1.165, 1.54) is 48.5 Å². The predicted molar refractivity (Wildman–Crippen MR) is 97.7 cm³/mol. The molecule has 0 fully saturated rings. The number of aromatic nitrogens is 4. The lowest BCUT2D eigenvalue weighted by Crippen LogP contribution is -2.23. The van der Waals surface area contributed by atoms with Crippen LogP contribution in [0.5, 0.6) is 0 Å². The largest absolute Gasteiger partial charge is 0.416 e. The van der Waals surface area contributed by atoms with Crippen molar-refractivity contribution in [2.24, 2.45) is 0 Å². The highest BCUT2D eigenvalue weighted by Gasteiger charge is 2.30. The summed E-state index contributed by atoms with van der Waals surface area (Å²) in [5.74, 6) is -0.258. The Labute approximate surface area is 166 Å². The summed E-state index contributed by atoms with van der Waals surface area (Å²) in [7, 11) is 0. The minimum atomic E-state index is -4.44. The highest BCUT2D eigenvalue weighted by atomic mass is 19.4. The maximum Gasteiger partial charge on any atom is 0.416 e. The molecule has 4 aromatic rings. The first kappa shape index (κ1) is 19.5. The van der Waals surface area contributed by atoms with Gasteiger partial charge in [0.05, 0.1) is 11.3 Å². The lowest BCUT2D eigenvalue weighted by atomic mass is 10.1. The Morgan fingerprint density at radius 2 is 1.57 bits per heavy atom. The molecule has 152 valence electrons. The van der Waals surface area contributed by atoms with Crippen molar-refractivity contribution in [2.45, 2.75) is 12.7 Å². The summed E-state index contributed by atoms with van der Waals surface area (Å²) in [6.45, 7) is -0.137. The van der Waals surface area contributed by atoms with Crippen molar-refractivity contribution in [3.63, 3.8) is 0 Å². The Morgan fingerprint density at radius 1 is 0.900 bits per heavy atom. The Balaban J connectivity index is 1.57. The summed E-state index contributed by atoms with van der Waals surface area (Å²) in [6.07, 6.45) is -4.44. The molecule has 2 aromatic heterocycles. The standard InChI is InChI=1S/C20H12F4N4O2/c21-15-7-3-12(4-8-15)16-9-10-18(29)28(26-16)11-17-25-19(27-30-17)13-1-5-14(6-2-13)20(22,23)24/h1-10H,11H2. The fourth-order valence-electron chi connectivity index (χ4n) is 2.71. The molecule has 10 heteroatoms. The third-order valence-electron chi connectivity index (χ3n) is 4.23. The molecule has 6 nitrogen and oxygen atoms in total. The zero-order valence-electron chi connectivity index (χ0n) is 15.1. The zero-order chi connectivity index (χ0) is 21.3. The molecule has 0 N–H and O–H groups in total. The fraction of sp³-hybridized carbons (Fsp3) is 0.100. The smallest absolute Gasteiger partial charge is 0.337 e. The second kappa shape index (κ2) is 7.54. The summed E-state index contributed by atoms with van der Waals surface area (Å²) < 4.78 is 57.3. The Bertz CT molecular complexity index is 1230. The van der Waals surface area contributed by atoms with Crippen LogP contribution in [0.15, 0.2) is 70.0 Å². The summed E-state index contributed by atoms with van der Waals surface area (Å²) in [5.41, 5.74) is 0.176. The van der Waals surface area contributed by atoms with E-state index < -0.39 is 23.1 Å². The quantitative estimate of drug-likeness (QED) is 0.467. The van der Waals surface area contributed by atoms with Gasteiger partial charge in [-0.1, -0.05) is 17.3 Å². The number of rotatable bonds is 4. The lowest BCUT2D eigenvalue weighted by Gasteiger charge is -2.06. The van der Waals surface area contributed by atoms with Gasteiger partial charge in [-0.15, -0.1) is 0 Å². The summed E-state index contributed by atoms with van der Waals surface area (Å²) in [4.78, 5) is 16.2. The van der Waals surface area contributed by atoms with Gasteiger partial charge in [0.15, 0.2) is 0 Å². The van der Waals surface area contributed by atoms with Crippen molar-refractivity contribution in [1.29, 1.82) is 0 Å². The number of alkyl halides is 3. The lowest BCUT2D eigenvalue weighted by molar-refractivity contribution is -0.137. The van der Waals surface area contributed by atoms with Gasteiger partial charge < -0.3 is 4.52 Å². The van der Waals surface area contributed by atoms with Crippen LogP contribution in [0.3, 0.4) is 0 Å². The third-order valence-corrected chi connectivity index (χ3v) is 4.23. The molecule has 0 atom stereocenters. The van der Waals surface area contributed by atoms with Gasteiger partial charge in [0, 0.05) is 17.2 Å². The van der Waals surface area contributed by atoms with E-state index >= 15 is 0 Å². The van der Waals surface area contributed by atoms with E-state index in [9.17, 15) is 22.4 Å². The van der Waals surface area contributed by atoms with Crippen LogP contribution < -0.4 is 5.56 Å². The van der Waals surface area contributed by atoms with Crippen LogP contribution in [0.2, 0.25) is 0 Å². The first-order valence-corrected chi connectivity index (χ1v) is 8.64. The first-order chi connectivity index (χ1) is 14.3. The van der Waals surface area contributed by atoms with Gasteiger partial charge in [0.1, 0.15) is 12.4 Å². The molecule has 4 rings (SSSR count). The van der Waals surface area contributed by atoms with Crippen LogP contribution in [0.25, 0.3) is 22.6 Å². The normalized spacial score (nSPS) is 11.6. The van der Waals surface area contributed by atoms with Crippen molar-refractivity contribution >= 4 is 0 Å². The first-order valence-electron chi connectivity index (χ1n) is 8.64. The van der Waals surface area contributed by atoms with E-state index in [1.807, 2.05) is 0 Å². The zero-order valence-corrected chi connectivity index (χ0v) is 15.1. The summed E-state index contributed by atoms with van der Waals surface area (Å²) >= 11 is 0. The molecule has 0 aliphatic carbocycles. The molecule has 0 bridgehead atoms. The van der Waals surface area contributed by atoms with E-state index in [4.69, 9.17) is 4.52 Å². The van der Waals surface area contributed by atoms with Gasteiger partial charge in [-0.25, -0.2) is 9.07 Å². The second-order valence-electron chi connectivity index (χ2n) is 6.31. The summed E-state index contributed by atoms with van der Waals surface area (Å²) in [5, 5.41) is 7.96. The molecule has 0 amide bonds. The van der Waals surface area contributed by atoms with Crippen LogP contribution in [0.1, 0.15) is 11.5 Å². The SMILES string of the molecule is O=c1ccc(-c2ccc(F)cc2)nn1Cc1nc(-c2ccc(C(F)(F)F)cc2)no1. The van der Waals surface area contributed by atoms with E-state index in [-0.39, 0.29) is 18.3 Å². The monoisotopic (exact) mass is 416 g/mol. The van der Waals surface area contributed by atoms with Crippen molar-refractivity contribution < 1.29 is 22.1 Å². The van der Waals surface area contributed by atoms with Crippen LogP contribution in [0, 0.1) is 5.82 Å². The second-order valence-corrected chi connectivity index (χ2v) is 6.31. The van der Waals surface area contributed by atoms with Crippen molar-refractivity contribution in [3.05, 3.63) is 88.3 Å². The number of nitrogens with zero attached hydrogens (tertiary/aromatic N) is 4. The molecule has 0 spiro atoms.